The molecule has 0 amide bonds. The molecule has 0 saturated carbocycles. The summed E-state index contributed by atoms with van der Waals surface area (Å²) in [5.74, 6) is -0.232. The number of ether oxygens (including phenoxy) is 1. The predicted molar refractivity (Wildman–Crippen MR) is 87.6 cm³/mol. The van der Waals surface area contributed by atoms with Crippen LogP contribution in [0.2, 0.25) is 0 Å². The molecule has 23 heavy (non-hydrogen) atoms. The maximum atomic E-state index is 13.0. The van der Waals surface area contributed by atoms with Crippen molar-refractivity contribution in [2.24, 2.45) is 0 Å². The summed E-state index contributed by atoms with van der Waals surface area (Å²) in [6, 6.07) is 0.110. The number of sulfonamides is 1. The number of carbonyl (C=O) groups is 1. The lowest BCUT2D eigenvalue weighted by molar-refractivity contribution is 0.0594. The molecule has 1 N–H and O–H groups in total. The molecule has 1 fully saturated rings. The van der Waals surface area contributed by atoms with E-state index in [0.29, 0.717) is 13.1 Å². The number of hydrogen-bond acceptors (Lipinski definition) is 6. The van der Waals surface area contributed by atoms with Gasteiger partial charge in [0, 0.05) is 19.1 Å². The highest BCUT2D eigenvalue weighted by molar-refractivity contribution is 7.89. The van der Waals surface area contributed by atoms with E-state index in [1.54, 1.807) is 13.8 Å². The van der Waals surface area contributed by atoms with Crippen molar-refractivity contribution >= 4 is 28.4 Å². The Hall–Kier alpha value is -1.09. The third-order valence-electron chi connectivity index (χ3n) is 3.98. The number of carbonyl (C=O) groups excluding carboxylic acids is 1. The number of rotatable bonds is 4. The molecule has 1 unspecified atom stereocenters. The molecule has 0 bridgehead atoms. The summed E-state index contributed by atoms with van der Waals surface area (Å²) < 4.78 is 37.4. The molecule has 7 nitrogen and oxygen atoms in total. The van der Waals surface area contributed by atoms with Crippen molar-refractivity contribution in [1.29, 1.82) is 0 Å². The maximum absolute atomic E-state index is 13.0. The molecular weight excluding hydrogens is 344 g/mol. The van der Waals surface area contributed by atoms with Gasteiger partial charge in [0.25, 0.3) is 0 Å². The fourth-order valence-corrected chi connectivity index (χ4v) is 4.73. The Bertz CT molecular complexity index is 671. The summed E-state index contributed by atoms with van der Waals surface area (Å²) in [5.41, 5.74) is -0.00780. The first-order valence-corrected chi connectivity index (χ1v) is 8.62. The predicted octanol–water partition coefficient (Wildman–Crippen LogP) is 1.48. The van der Waals surface area contributed by atoms with E-state index in [0.717, 1.165) is 12.8 Å². The molecule has 0 aliphatic carbocycles. The summed E-state index contributed by atoms with van der Waals surface area (Å²) in [7, 11) is -0.768. The lowest BCUT2D eigenvalue weighted by atomic mass is 10.1. The number of aryl methyl sites for hydroxylation is 2. The molecule has 132 valence electrons. The van der Waals surface area contributed by atoms with Crippen LogP contribution in [-0.4, -0.2) is 52.0 Å². The van der Waals surface area contributed by atoms with Gasteiger partial charge in [0.15, 0.2) is 0 Å². The maximum Gasteiger partial charge on any atom is 0.342 e. The van der Waals surface area contributed by atoms with Crippen LogP contribution in [-0.2, 0) is 14.8 Å². The van der Waals surface area contributed by atoms with Crippen LogP contribution in [0, 0.1) is 13.8 Å². The molecule has 1 saturated heterocycles. The Balaban J connectivity index is 0.00000264. The van der Waals surface area contributed by atoms with E-state index in [1.807, 2.05) is 7.05 Å². The van der Waals surface area contributed by atoms with Crippen molar-refractivity contribution in [3.8, 4) is 0 Å². The van der Waals surface area contributed by atoms with Crippen LogP contribution in [0.25, 0.3) is 0 Å². The van der Waals surface area contributed by atoms with E-state index < -0.39 is 16.0 Å². The minimum atomic E-state index is -3.80. The molecule has 0 aromatic carbocycles. The van der Waals surface area contributed by atoms with E-state index in [9.17, 15) is 13.2 Å². The quantitative estimate of drug-likeness (QED) is 0.812. The molecule has 1 atom stereocenters. The summed E-state index contributed by atoms with van der Waals surface area (Å²) in [6.07, 6.45) is 1.70. The van der Waals surface area contributed by atoms with Gasteiger partial charge in [-0.3, -0.25) is 0 Å². The van der Waals surface area contributed by atoms with Gasteiger partial charge in [-0.1, -0.05) is 0 Å². The first-order chi connectivity index (χ1) is 10.3. The van der Waals surface area contributed by atoms with Crippen molar-refractivity contribution in [3.05, 3.63) is 17.1 Å². The fraction of sp³-hybridized carbons (Fsp3) is 0.643. The van der Waals surface area contributed by atoms with Crippen molar-refractivity contribution in [2.75, 3.05) is 27.2 Å². The SMILES string of the molecule is CNC1CCCN(S(=O)(=O)c2c(C)oc(C)c2C(=O)OC)C1.Cl. The second kappa shape index (κ2) is 7.65. The highest BCUT2D eigenvalue weighted by atomic mass is 35.5. The molecular formula is C14H23ClN2O5S. The lowest BCUT2D eigenvalue weighted by Crippen LogP contribution is -2.47. The molecule has 1 aliphatic rings. The zero-order valence-electron chi connectivity index (χ0n) is 13.7. The average molecular weight is 367 g/mol. The number of nitrogens with zero attached hydrogens (tertiary/aromatic N) is 1. The van der Waals surface area contributed by atoms with Crippen LogP contribution in [0.4, 0.5) is 0 Å². The van der Waals surface area contributed by atoms with E-state index >= 15 is 0 Å². The van der Waals surface area contributed by atoms with E-state index in [4.69, 9.17) is 9.15 Å². The second-order valence-corrected chi connectivity index (χ2v) is 7.28. The summed E-state index contributed by atoms with van der Waals surface area (Å²) in [4.78, 5) is 11.9. The number of likely N-dealkylation sites (N-methyl/N-ethyl adjacent to an activating group) is 1. The standard InChI is InChI=1S/C14H22N2O5S.ClH/c1-9-12(14(17)20-4)13(10(2)21-9)22(18,19)16-7-5-6-11(8-16)15-3;/h11,15H,5-8H2,1-4H3;1H. The van der Waals surface area contributed by atoms with E-state index in [1.165, 1.54) is 11.4 Å². The molecule has 0 spiro atoms. The van der Waals surface area contributed by atoms with Gasteiger partial charge in [0.1, 0.15) is 22.0 Å². The third-order valence-corrected chi connectivity index (χ3v) is 6.00. The van der Waals surface area contributed by atoms with Gasteiger partial charge in [-0.25, -0.2) is 13.2 Å². The second-order valence-electron chi connectivity index (χ2n) is 5.40. The van der Waals surface area contributed by atoms with Gasteiger partial charge in [-0.15, -0.1) is 12.4 Å². The van der Waals surface area contributed by atoms with Gasteiger partial charge in [-0.2, -0.15) is 4.31 Å². The van der Waals surface area contributed by atoms with Crippen molar-refractivity contribution in [2.45, 2.75) is 37.6 Å². The highest BCUT2D eigenvalue weighted by Gasteiger charge is 2.37. The number of piperidine rings is 1. The molecule has 1 aromatic heterocycles. The van der Waals surface area contributed by atoms with Crippen molar-refractivity contribution < 1.29 is 22.4 Å². The summed E-state index contributed by atoms with van der Waals surface area (Å²) >= 11 is 0. The normalized spacial score (nSPS) is 19.2. The summed E-state index contributed by atoms with van der Waals surface area (Å²) in [6.45, 7) is 3.92. The van der Waals surface area contributed by atoms with Gasteiger partial charge in [0.2, 0.25) is 10.0 Å². The molecule has 9 heteroatoms. The Kier molecular flexibility index (Phi) is 6.64. The van der Waals surface area contributed by atoms with E-state index in [2.05, 4.69) is 5.32 Å². The molecule has 0 radical (unpaired) electrons. The van der Waals surface area contributed by atoms with E-state index in [-0.39, 0.29) is 40.4 Å². The van der Waals surface area contributed by atoms with Gasteiger partial charge in [0.05, 0.1) is 7.11 Å². The number of hydrogen-bond donors (Lipinski definition) is 1. The fourth-order valence-electron chi connectivity index (χ4n) is 2.84. The third kappa shape index (κ3) is 3.71. The summed E-state index contributed by atoms with van der Waals surface area (Å²) in [5, 5.41) is 3.10. The average Bonchev–Trinajstić information content (AvgIpc) is 2.81. The smallest absolute Gasteiger partial charge is 0.342 e. The van der Waals surface area contributed by atoms with Crippen LogP contribution in [0.15, 0.2) is 9.31 Å². The number of methoxy groups -OCH3 is 1. The minimum Gasteiger partial charge on any atom is -0.465 e. The van der Waals surface area contributed by atoms with Gasteiger partial charge >= 0.3 is 5.97 Å². The van der Waals surface area contributed by atoms with Crippen molar-refractivity contribution in [1.82, 2.24) is 9.62 Å². The zero-order chi connectivity index (χ0) is 16.5. The Morgan fingerprint density at radius 1 is 1.35 bits per heavy atom. The van der Waals surface area contributed by atoms with Crippen LogP contribution in [0.5, 0.6) is 0 Å². The van der Waals surface area contributed by atoms with Crippen LogP contribution in [0.1, 0.15) is 34.7 Å². The number of halogens is 1. The van der Waals surface area contributed by atoms with Gasteiger partial charge in [-0.05, 0) is 33.7 Å². The molecule has 1 aromatic rings. The first kappa shape index (κ1) is 20.0. The van der Waals surface area contributed by atoms with Crippen LogP contribution < -0.4 is 5.32 Å². The number of furan rings is 1. The minimum absolute atomic E-state index is 0. The topological polar surface area (TPSA) is 88.9 Å². The van der Waals surface area contributed by atoms with Crippen molar-refractivity contribution in [3.63, 3.8) is 0 Å². The van der Waals surface area contributed by atoms with Crippen LogP contribution >= 0.6 is 12.4 Å². The number of nitrogens with one attached hydrogen (secondary N) is 1. The molecule has 2 rings (SSSR count). The number of esters is 1. The Labute approximate surface area is 142 Å². The first-order valence-electron chi connectivity index (χ1n) is 7.18. The van der Waals surface area contributed by atoms with Crippen LogP contribution in [0.3, 0.4) is 0 Å². The molecule has 1 aliphatic heterocycles. The largest absolute Gasteiger partial charge is 0.465 e. The molecule has 2 heterocycles. The Morgan fingerprint density at radius 2 is 2.00 bits per heavy atom. The Morgan fingerprint density at radius 3 is 2.57 bits per heavy atom. The highest BCUT2D eigenvalue weighted by Crippen LogP contribution is 2.31. The zero-order valence-corrected chi connectivity index (χ0v) is 15.3. The monoisotopic (exact) mass is 366 g/mol. The van der Waals surface area contributed by atoms with Gasteiger partial charge < -0.3 is 14.5 Å². The lowest BCUT2D eigenvalue weighted by Gasteiger charge is -2.31.